The van der Waals surface area contributed by atoms with E-state index in [4.69, 9.17) is 4.74 Å². The third-order valence-electron chi connectivity index (χ3n) is 15.8. The van der Waals surface area contributed by atoms with Gasteiger partial charge in [0.2, 0.25) is 5.91 Å². The minimum Gasteiger partial charge on any atom is -0.466 e. The number of aliphatic hydroxyl groups excluding tert-OH is 2. The van der Waals surface area contributed by atoms with Crippen LogP contribution in [0.5, 0.6) is 0 Å². The SMILES string of the molecule is CCCCCCCC/C=C\CCCCCCCC(=O)OCCCCCCCCCCCCCCCCCCCCCCCC(=O)NC(CO)C(O)CCCCCCCCCCCCCCCCCCCCCC. The van der Waals surface area contributed by atoms with Gasteiger partial charge in [-0.3, -0.25) is 9.59 Å². The van der Waals surface area contributed by atoms with E-state index >= 15 is 0 Å². The number of unbranched alkanes of at least 4 members (excludes halogenated alkanes) is 50. The van der Waals surface area contributed by atoms with Crippen LogP contribution in [0.3, 0.4) is 0 Å². The first-order valence-corrected chi connectivity index (χ1v) is 33.4. The number of amides is 1. The molecule has 73 heavy (non-hydrogen) atoms. The first kappa shape index (κ1) is 71.6. The van der Waals surface area contributed by atoms with Crippen molar-refractivity contribution in [3.8, 4) is 0 Å². The molecule has 0 aromatic heterocycles. The topological polar surface area (TPSA) is 95.9 Å². The lowest BCUT2D eigenvalue weighted by molar-refractivity contribution is -0.143. The summed E-state index contributed by atoms with van der Waals surface area (Å²) in [5.74, 6) is -0.0265. The van der Waals surface area contributed by atoms with Crippen molar-refractivity contribution in [1.29, 1.82) is 0 Å². The fourth-order valence-corrected chi connectivity index (χ4v) is 10.7. The third-order valence-corrected chi connectivity index (χ3v) is 15.8. The number of allylic oxidation sites excluding steroid dienone is 2. The first-order chi connectivity index (χ1) is 36.0. The molecule has 0 fully saturated rings. The Morgan fingerprint density at radius 1 is 0.370 bits per heavy atom. The number of ether oxygens (including phenoxy) is 1. The van der Waals surface area contributed by atoms with Crippen LogP contribution in [0.25, 0.3) is 0 Å². The van der Waals surface area contributed by atoms with Crippen LogP contribution in [0.4, 0.5) is 0 Å². The normalized spacial score (nSPS) is 12.5. The zero-order chi connectivity index (χ0) is 52.9. The Morgan fingerprint density at radius 2 is 0.644 bits per heavy atom. The van der Waals surface area contributed by atoms with E-state index in [1.165, 1.54) is 302 Å². The van der Waals surface area contributed by atoms with Crippen molar-refractivity contribution in [3.05, 3.63) is 12.2 Å². The molecule has 1 amide bonds. The predicted octanol–water partition coefficient (Wildman–Crippen LogP) is 21.2. The zero-order valence-corrected chi connectivity index (χ0v) is 49.6. The minimum absolute atomic E-state index is 0.00521. The van der Waals surface area contributed by atoms with Gasteiger partial charge >= 0.3 is 5.97 Å². The molecular weight excluding hydrogens is 899 g/mol. The van der Waals surface area contributed by atoms with Crippen molar-refractivity contribution >= 4 is 11.9 Å². The van der Waals surface area contributed by atoms with Crippen LogP contribution in [-0.4, -0.2) is 47.4 Å². The van der Waals surface area contributed by atoms with Gasteiger partial charge in [0, 0.05) is 12.8 Å². The number of rotatable bonds is 63. The third kappa shape index (κ3) is 59.7. The quantitative estimate of drug-likeness (QED) is 0.0320. The Morgan fingerprint density at radius 3 is 0.973 bits per heavy atom. The maximum atomic E-state index is 12.5. The molecule has 0 spiro atoms. The highest BCUT2D eigenvalue weighted by atomic mass is 16.5. The van der Waals surface area contributed by atoms with Gasteiger partial charge < -0.3 is 20.3 Å². The minimum atomic E-state index is -0.665. The molecule has 2 atom stereocenters. The van der Waals surface area contributed by atoms with Gasteiger partial charge in [0.1, 0.15) is 0 Å². The summed E-state index contributed by atoms with van der Waals surface area (Å²) in [4.78, 5) is 24.6. The van der Waals surface area contributed by atoms with Crippen LogP contribution in [0, 0.1) is 0 Å². The monoisotopic (exact) mass is 1030 g/mol. The van der Waals surface area contributed by atoms with Gasteiger partial charge in [-0.2, -0.15) is 0 Å². The lowest BCUT2D eigenvalue weighted by Gasteiger charge is -2.22. The van der Waals surface area contributed by atoms with Crippen molar-refractivity contribution in [2.75, 3.05) is 13.2 Å². The molecule has 0 aliphatic rings. The number of hydrogen-bond donors (Lipinski definition) is 3. The fourth-order valence-electron chi connectivity index (χ4n) is 10.7. The van der Waals surface area contributed by atoms with Crippen LogP contribution in [0.15, 0.2) is 12.2 Å². The van der Waals surface area contributed by atoms with E-state index in [1.807, 2.05) is 0 Å². The van der Waals surface area contributed by atoms with Gasteiger partial charge in [-0.15, -0.1) is 0 Å². The first-order valence-electron chi connectivity index (χ1n) is 33.4. The van der Waals surface area contributed by atoms with Gasteiger partial charge in [-0.25, -0.2) is 0 Å². The lowest BCUT2D eigenvalue weighted by atomic mass is 10.0. The summed E-state index contributed by atoms with van der Waals surface area (Å²) in [7, 11) is 0. The number of aliphatic hydroxyl groups is 2. The Bertz CT molecular complexity index is 1100. The molecule has 0 aliphatic carbocycles. The van der Waals surface area contributed by atoms with E-state index in [0.29, 0.717) is 25.9 Å². The van der Waals surface area contributed by atoms with Crippen molar-refractivity contribution in [2.45, 2.75) is 392 Å². The van der Waals surface area contributed by atoms with Crippen molar-refractivity contribution in [2.24, 2.45) is 0 Å². The standard InChI is InChI=1S/C67H131NO5/c1-3-5-7-9-11-13-15-17-19-20-21-25-28-32-35-39-43-47-51-55-59-65(70)64(63-69)68-66(71)60-56-52-48-44-40-36-33-29-26-23-22-24-27-30-34-38-42-46-50-54-58-62-73-67(72)61-57-53-49-45-41-37-31-18-16-14-12-10-8-6-4-2/h18,31,64-65,69-70H,3-17,19-30,32-63H2,1-2H3,(H,68,71)/b31-18-. The fraction of sp³-hybridized carbons (Fsp3) is 0.940. The molecule has 0 radical (unpaired) electrons. The maximum absolute atomic E-state index is 12.5. The predicted molar refractivity (Wildman–Crippen MR) is 320 cm³/mol. The van der Waals surface area contributed by atoms with Gasteiger partial charge in [0.05, 0.1) is 25.4 Å². The Balaban J connectivity index is 3.38. The highest BCUT2D eigenvalue weighted by Crippen LogP contribution is 2.19. The Kier molecular flexibility index (Phi) is 61.9. The summed E-state index contributed by atoms with van der Waals surface area (Å²) in [5.41, 5.74) is 0. The Hall–Kier alpha value is -1.40. The summed E-state index contributed by atoms with van der Waals surface area (Å²) in [6.07, 6.45) is 76.6. The van der Waals surface area contributed by atoms with E-state index < -0.39 is 12.1 Å². The largest absolute Gasteiger partial charge is 0.466 e. The molecule has 0 aromatic carbocycles. The molecule has 6 nitrogen and oxygen atoms in total. The summed E-state index contributed by atoms with van der Waals surface area (Å²) >= 11 is 0. The van der Waals surface area contributed by atoms with E-state index in [9.17, 15) is 19.8 Å². The molecule has 0 saturated carbocycles. The molecular formula is C67H131NO5. The molecule has 6 heteroatoms. The number of carbonyl (C=O) groups excluding carboxylic acids is 2. The molecule has 0 saturated heterocycles. The van der Waals surface area contributed by atoms with Crippen molar-refractivity contribution in [1.82, 2.24) is 5.32 Å². The lowest BCUT2D eigenvalue weighted by Crippen LogP contribution is -2.45. The molecule has 0 aromatic rings. The number of carbonyl (C=O) groups is 2. The zero-order valence-electron chi connectivity index (χ0n) is 49.6. The molecule has 3 N–H and O–H groups in total. The molecule has 0 aliphatic heterocycles. The number of esters is 1. The van der Waals surface area contributed by atoms with E-state index in [2.05, 4.69) is 31.3 Å². The molecule has 2 unspecified atom stereocenters. The smallest absolute Gasteiger partial charge is 0.305 e. The summed E-state index contributed by atoms with van der Waals surface area (Å²) < 4.78 is 5.49. The number of hydrogen-bond acceptors (Lipinski definition) is 5. The van der Waals surface area contributed by atoms with E-state index in [0.717, 1.165) is 44.9 Å². The average Bonchev–Trinajstić information content (AvgIpc) is 3.39. The van der Waals surface area contributed by atoms with Crippen molar-refractivity contribution < 1.29 is 24.5 Å². The molecule has 0 heterocycles. The van der Waals surface area contributed by atoms with Crippen LogP contribution in [0.2, 0.25) is 0 Å². The van der Waals surface area contributed by atoms with Gasteiger partial charge in [0.25, 0.3) is 0 Å². The number of nitrogens with one attached hydrogen (secondary N) is 1. The van der Waals surface area contributed by atoms with Crippen molar-refractivity contribution in [3.63, 3.8) is 0 Å². The van der Waals surface area contributed by atoms with Crippen LogP contribution < -0.4 is 5.32 Å². The average molecular weight is 1030 g/mol. The van der Waals surface area contributed by atoms with Crippen LogP contribution in [0.1, 0.15) is 380 Å². The van der Waals surface area contributed by atoms with E-state index in [1.54, 1.807) is 0 Å². The summed E-state index contributed by atoms with van der Waals surface area (Å²) in [6.45, 7) is 4.98. The second-order valence-corrected chi connectivity index (χ2v) is 23.2. The van der Waals surface area contributed by atoms with Gasteiger partial charge in [-0.1, -0.05) is 328 Å². The van der Waals surface area contributed by atoms with Gasteiger partial charge in [-0.05, 0) is 51.4 Å². The van der Waals surface area contributed by atoms with Crippen LogP contribution in [-0.2, 0) is 14.3 Å². The highest BCUT2D eigenvalue weighted by Gasteiger charge is 2.20. The second-order valence-electron chi connectivity index (χ2n) is 23.2. The molecule has 0 bridgehead atoms. The van der Waals surface area contributed by atoms with Crippen LogP contribution >= 0.6 is 0 Å². The molecule has 0 rings (SSSR count). The summed E-state index contributed by atoms with van der Waals surface area (Å²) in [6, 6.07) is -0.542. The highest BCUT2D eigenvalue weighted by molar-refractivity contribution is 5.76. The second kappa shape index (κ2) is 63.1. The Labute approximate surface area is 457 Å². The maximum Gasteiger partial charge on any atom is 0.305 e. The molecule has 434 valence electrons. The van der Waals surface area contributed by atoms with Gasteiger partial charge in [0.15, 0.2) is 0 Å². The van der Waals surface area contributed by atoms with E-state index in [-0.39, 0.29) is 18.5 Å². The summed E-state index contributed by atoms with van der Waals surface area (Å²) in [5, 5.41) is 23.4.